The number of para-hydroxylation sites is 2. The molecular formula is C42H32N2. The molecule has 3 aliphatic rings. The minimum atomic E-state index is -0.441. The van der Waals surface area contributed by atoms with E-state index in [4.69, 9.17) is 0 Å². The summed E-state index contributed by atoms with van der Waals surface area (Å²) >= 11 is 0. The summed E-state index contributed by atoms with van der Waals surface area (Å²) in [5.74, 6) is 0.316. The SMILES string of the molecule is C[C@@H]1c2ccccc2C=CC1N1c2ccccc2C2(c3ccccc3-c3ccccc32)c2cc(Nc3ccccc3)ccc21. The van der Waals surface area contributed by atoms with Gasteiger partial charge in [-0.3, -0.25) is 0 Å². The van der Waals surface area contributed by atoms with Crippen LogP contribution in [0.5, 0.6) is 0 Å². The van der Waals surface area contributed by atoms with E-state index in [-0.39, 0.29) is 6.04 Å². The van der Waals surface area contributed by atoms with Crippen LogP contribution in [-0.2, 0) is 5.41 Å². The first-order valence-electron chi connectivity index (χ1n) is 15.6. The molecular weight excluding hydrogens is 532 g/mol. The van der Waals surface area contributed by atoms with Crippen molar-refractivity contribution in [3.05, 3.63) is 185 Å². The second-order valence-electron chi connectivity index (χ2n) is 12.2. The molecule has 2 aliphatic carbocycles. The Balaban J connectivity index is 1.34. The second-order valence-corrected chi connectivity index (χ2v) is 12.2. The van der Waals surface area contributed by atoms with Gasteiger partial charge in [0.05, 0.1) is 11.5 Å². The first-order chi connectivity index (χ1) is 21.7. The molecule has 1 spiro atoms. The number of nitrogens with one attached hydrogen (secondary N) is 1. The van der Waals surface area contributed by atoms with Crippen LogP contribution in [-0.4, -0.2) is 6.04 Å². The van der Waals surface area contributed by atoms with Crippen LogP contribution in [0.15, 0.2) is 152 Å². The summed E-state index contributed by atoms with van der Waals surface area (Å²) in [4.78, 5) is 2.61. The average Bonchev–Trinajstić information content (AvgIpc) is 3.38. The number of hydrogen-bond acceptors (Lipinski definition) is 2. The highest BCUT2D eigenvalue weighted by Gasteiger charge is 2.52. The maximum absolute atomic E-state index is 3.72. The molecule has 0 saturated heterocycles. The third kappa shape index (κ3) is 3.43. The van der Waals surface area contributed by atoms with Crippen LogP contribution in [0.1, 0.15) is 46.2 Å². The highest BCUT2D eigenvalue weighted by molar-refractivity contribution is 5.94. The number of hydrogen-bond donors (Lipinski definition) is 1. The van der Waals surface area contributed by atoms with Gasteiger partial charge in [0.15, 0.2) is 0 Å². The lowest BCUT2D eigenvalue weighted by Gasteiger charge is -2.49. The second kappa shape index (κ2) is 9.59. The molecule has 2 heteroatoms. The molecule has 1 unspecified atom stereocenters. The zero-order valence-corrected chi connectivity index (χ0v) is 24.6. The Bertz CT molecular complexity index is 2040. The van der Waals surface area contributed by atoms with E-state index in [1.165, 1.54) is 55.9 Å². The minimum absolute atomic E-state index is 0.168. The molecule has 2 nitrogen and oxygen atoms in total. The molecule has 1 heterocycles. The van der Waals surface area contributed by atoms with Gasteiger partial charge in [-0.05, 0) is 80.9 Å². The van der Waals surface area contributed by atoms with Crippen molar-refractivity contribution in [2.24, 2.45) is 0 Å². The summed E-state index contributed by atoms with van der Waals surface area (Å²) in [5.41, 5.74) is 15.0. The molecule has 0 aromatic heterocycles. The smallest absolute Gasteiger partial charge is 0.0754 e. The molecule has 0 radical (unpaired) electrons. The van der Waals surface area contributed by atoms with Gasteiger partial charge in [0.25, 0.3) is 0 Å². The highest BCUT2D eigenvalue weighted by atomic mass is 15.2. The maximum Gasteiger partial charge on any atom is 0.0754 e. The van der Waals surface area contributed by atoms with E-state index in [0.717, 1.165) is 11.4 Å². The monoisotopic (exact) mass is 564 g/mol. The number of anilines is 4. The van der Waals surface area contributed by atoms with E-state index in [1.54, 1.807) is 0 Å². The topological polar surface area (TPSA) is 15.3 Å². The standard InChI is InChI=1S/C42H32N2/c1-28-32-16-6-5-13-29(32)23-25-39(28)44-40-22-12-11-21-37(40)42(35-19-9-7-17-33(35)34-18-8-10-20-36(34)42)38-27-31(24-26-41(38)44)43-30-14-3-2-4-15-30/h2-28,39,43H,1H3/t28-,39?/m1/s1. The van der Waals surface area contributed by atoms with Crippen LogP contribution in [0.25, 0.3) is 17.2 Å². The van der Waals surface area contributed by atoms with Crippen molar-refractivity contribution >= 4 is 28.8 Å². The first kappa shape index (κ1) is 25.2. The summed E-state index contributed by atoms with van der Waals surface area (Å²) in [6.45, 7) is 2.38. The summed E-state index contributed by atoms with van der Waals surface area (Å²) < 4.78 is 0. The number of rotatable bonds is 3. The van der Waals surface area contributed by atoms with Crippen LogP contribution in [0.4, 0.5) is 22.7 Å². The Morgan fingerprint density at radius 1 is 0.545 bits per heavy atom. The van der Waals surface area contributed by atoms with Crippen molar-refractivity contribution < 1.29 is 0 Å². The molecule has 0 saturated carbocycles. The Kier molecular flexibility index (Phi) is 5.49. The van der Waals surface area contributed by atoms with Crippen molar-refractivity contribution in [3.63, 3.8) is 0 Å². The molecule has 1 aliphatic heterocycles. The predicted octanol–water partition coefficient (Wildman–Crippen LogP) is 10.4. The van der Waals surface area contributed by atoms with Crippen molar-refractivity contribution in [1.29, 1.82) is 0 Å². The molecule has 6 aromatic rings. The van der Waals surface area contributed by atoms with E-state index in [2.05, 4.69) is 175 Å². The lowest BCUT2D eigenvalue weighted by atomic mass is 9.64. The van der Waals surface area contributed by atoms with Gasteiger partial charge in [-0.1, -0.05) is 128 Å². The fraction of sp³-hybridized carbons (Fsp3) is 0.0952. The molecule has 0 fully saturated rings. The molecule has 0 amide bonds. The van der Waals surface area contributed by atoms with Crippen LogP contribution in [0.3, 0.4) is 0 Å². The van der Waals surface area contributed by atoms with Crippen molar-refractivity contribution in [1.82, 2.24) is 0 Å². The predicted molar refractivity (Wildman–Crippen MR) is 183 cm³/mol. The van der Waals surface area contributed by atoms with Crippen LogP contribution in [0, 0.1) is 0 Å². The Hall–Kier alpha value is -5.34. The number of fused-ring (bicyclic) bond motifs is 10. The lowest BCUT2D eigenvalue weighted by Crippen LogP contribution is -2.43. The van der Waals surface area contributed by atoms with Gasteiger partial charge in [0, 0.05) is 28.7 Å². The summed E-state index contributed by atoms with van der Waals surface area (Å²) in [5, 5.41) is 3.72. The van der Waals surface area contributed by atoms with Gasteiger partial charge in [-0.15, -0.1) is 0 Å². The van der Waals surface area contributed by atoms with E-state index in [1.807, 2.05) is 0 Å². The van der Waals surface area contributed by atoms with Gasteiger partial charge in [-0.25, -0.2) is 0 Å². The largest absolute Gasteiger partial charge is 0.356 e. The third-order valence-corrected chi connectivity index (χ3v) is 10.0. The highest BCUT2D eigenvalue weighted by Crippen LogP contribution is 2.63. The molecule has 44 heavy (non-hydrogen) atoms. The molecule has 0 bridgehead atoms. The summed E-state index contributed by atoms with van der Waals surface area (Å²) in [6, 6.07) is 53.7. The first-order valence-corrected chi connectivity index (χ1v) is 15.6. The van der Waals surface area contributed by atoms with Gasteiger partial charge < -0.3 is 10.2 Å². The van der Waals surface area contributed by atoms with E-state index >= 15 is 0 Å². The lowest BCUT2D eigenvalue weighted by molar-refractivity contribution is 0.619. The van der Waals surface area contributed by atoms with Gasteiger partial charge in [0.1, 0.15) is 0 Å². The average molecular weight is 565 g/mol. The van der Waals surface area contributed by atoms with Crippen molar-refractivity contribution in [2.75, 3.05) is 10.2 Å². The maximum atomic E-state index is 3.72. The fourth-order valence-corrected chi connectivity index (χ4v) is 8.16. The zero-order valence-electron chi connectivity index (χ0n) is 24.6. The van der Waals surface area contributed by atoms with Crippen LogP contribution >= 0.6 is 0 Å². The quantitative estimate of drug-likeness (QED) is 0.230. The van der Waals surface area contributed by atoms with Crippen molar-refractivity contribution in [3.8, 4) is 11.1 Å². The normalized spacial score (nSPS) is 18.2. The Morgan fingerprint density at radius 2 is 1.16 bits per heavy atom. The van der Waals surface area contributed by atoms with Gasteiger partial charge in [0.2, 0.25) is 0 Å². The number of benzene rings is 6. The number of nitrogens with zero attached hydrogens (tertiary/aromatic N) is 1. The molecule has 6 aromatic carbocycles. The van der Waals surface area contributed by atoms with E-state index < -0.39 is 5.41 Å². The van der Waals surface area contributed by atoms with Gasteiger partial charge >= 0.3 is 0 Å². The molecule has 1 N–H and O–H groups in total. The van der Waals surface area contributed by atoms with Crippen LogP contribution in [0.2, 0.25) is 0 Å². The van der Waals surface area contributed by atoms with Gasteiger partial charge in [-0.2, -0.15) is 0 Å². The molecule has 9 rings (SSSR count). The van der Waals surface area contributed by atoms with E-state index in [9.17, 15) is 0 Å². The molecule has 210 valence electrons. The van der Waals surface area contributed by atoms with E-state index in [0.29, 0.717) is 5.92 Å². The summed E-state index contributed by atoms with van der Waals surface area (Å²) in [7, 11) is 0. The zero-order chi connectivity index (χ0) is 29.3. The fourth-order valence-electron chi connectivity index (χ4n) is 8.16. The minimum Gasteiger partial charge on any atom is -0.356 e. The molecule has 2 atom stereocenters. The summed E-state index contributed by atoms with van der Waals surface area (Å²) in [6.07, 6.45) is 4.73. The Labute approximate surface area is 259 Å². The van der Waals surface area contributed by atoms with Crippen LogP contribution < -0.4 is 10.2 Å². The Morgan fingerprint density at radius 3 is 1.93 bits per heavy atom. The third-order valence-electron chi connectivity index (χ3n) is 10.0. The van der Waals surface area contributed by atoms with Crippen molar-refractivity contribution in [2.45, 2.75) is 24.3 Å².